The molecule has 2 rings (SSSR count). The molecule has 1 heterocycles. The first-order valence-corrected chi connectivity index (χ1v) is 8.89. The Morgan fingerprint density at radius 2 is 2.15 bits per heavy atom. The Kier molecular flexibility index (Phi) is 7.55. The molecular weight excluding hydrogens is 332 g/mol. The summed E-state index contributed by atoms with van der Waals surface area (Å²) in [5, 5.41) is 9.39. The van der Waals surface area contributed by atoms with E-state index in [1.54, 1.807) is 0 Å². The Hall–Kier alpha value is -2.45. The molecule has 144 valence electrons. The summed E-state index contributed by atoms with van der Waals surface area (Å²) in [6.45, 7) is 7.08. The SMILES string of the molecule is CC(=O)Nc1ccc(NCCCOC(C)C)c(NNC2NC=CN2C)c1. The van der Waals surface area contributed by atoms with Crippen LogP contribution in [0.1, 0.15) is 27.2 Å². The zero-order valence-corrected chi connectivity index (χ0v) is 15.9. The fourth-order valence-corrected chi connectivity index (χ4v) is 2.44. The van der Waals surface area contributed by atoms with Crippen LogP contribution in [-0.2, 0) is 9.53 Å². The van der Waals surface area contributed by atoms with Gasteiger partial charge in [0.2, 0.25) is 5.91 Å². The van der Waals surface area contributed by atoms with Gasteiger partial charge in [0.25, 0.3) is 0 Å². The fraction of sp³-hybridized carbons (Fsp3) is 0.500. The van der Waals surface area contributed by atoms with Crippen LogP contribution in [0.25, 0.3) is 0 Å². The van der Waals surface area contributed by atoms with Gasteiger partial charge >= 0.3 is 0 Å². The van der Waals surface area contributed by atoms with Crippen molar-refractivity contribution >= 4 is 23.0 Å². The molecule has 0 radical (unpaired) electrons. The van der Waals surface area contributed by atoms with Crippen LogP contribution in [0.5, 0.6) is 0 Å². The molecule has 1 aliphatic heterocycles. The minimum atomic E-state index is -0.100. The van der Waals surface area contributed by atoms with Crippen LogP contribution in [0.4, 0.5) is 17.1 Å². The predicted octanol–water partition coefficient (Wildman–Crippen LogP) is 2.08. The molecule has 1 amide bonds. The van der Waals surface area contributed by atoms with Crippen LogP contribution in [-0.4, -0.2) is 43.4 Å². The quantitative estimate of drug-likeness (QED) is 0.322. The largest absolute Gasteiger partial charge is 0.383 e. The second kappa shape index (κ2) is 9.88. The van der Waals surface area contributed by atoms with Crippen molar-refractivity contribution in [3.8, 4) is 0 Å². The number of nitrogens with one attached hydrogen (secondary N) is 5. The highest BCUT2D eigenvalue weighted by Gasteiger charge is 2.14. The van der Waals surface area contributed by atoms with Crippen LogP contribution in [0.15, 0.2) is 30.6 Å². The number of amides is 1. The number of hydrogen-bond acceptors (Lipinski definition) is 7. The van der Waals surface area contributed by atoms with Gasteiger partial charge in [-0.05, 0) is 38.5 Å². The minimum absolute atomic E-state index is 0.0493. The topological polar surface area (TPSA) is 89.7 Å². The maximum Gasteiger partial charge on any atom is 0.221 e. The van der Waals surface area contributed by atoms with Gasteiger partial charge in [0.05, 0.1) is 17.5 Å². The number of benzene rings is 1. The van der Waals surface area contributed by atoms with Gasteiger partial charge in [-0.1, -0.05) is 0 Å². The molecule has 0 bridgehead atoms. The second-order valence-electron chi connectivity index (χ2n) is 6.46. The third-order valence-corrected chi connectivity index (χ3v) is 3.74. The number of carbonyl (C=O) groups is 1. The summed E-state index contributed by atoms with van der Waals surface area (Å²) in [5.74, 6) is -0.100. The van der Waals surface area contributed by atoms with Crippen LogP contribution < -0.4 is 26.8 Å². The normalized spacial score (nSPS) is 15.9. The van der Waals surface area contributed by atoms with Crippen LogP contribution in [0.3, 0.4) is 0 Å². The average Bonchev–Trinajstić information content (AvgIpc) is 2.98. The maximum absolute atomic E-state index is 11.3. The molecule has 1 aromatic rings. The lowest BCUT2D eigenvalue weighted by Gasteiger charge is -2.24. The summed E-state index contributed by atoms with van der Waals surface area (Å²) in [4.78, 5) is 13.3. The number of carbonyl (C=O) groups excluding carboxylic acids is 1. The monoisotopic (exact) mass is 362 g/mol. The number of rotatable bonds is 10. The summed E-state index contributed by atoms with van der Waals surface area (Å²) >= 11 is 0. The molecule has 0 saturated carbocycles. The van der Waals surface area contributed by atoms with E-state index in [0.29, 0.717) is 0 Å². The van der Waals surface area contributed by atoms with Crippen molar-refractivity contribution in [2.24, 2.45) is 0 Å². The molecule has 0 aromatic heterocycles. The second-order valence-corrected chi connectivity index (χ2v) is 6.46. The van der Waals surface area contributed by atoms with Gasteiger partial charge in [-0.2, -0.15) is 5.43 Å². The van der Waals surface area contributed by atoms with E-state index in [0.717, 1.165) is 36.6 Å². The molecule has 0 aliphatic carbocycles. The van der Waals surface area contributed by atoms with Crippen molar-refractivity contribution in [1.29, 1.82) is 0 Å². The van der Waals surface area contributed by atoms with Crippen molar-refractivity contribution in [3.05, 3.63) is 30.6 Å². The Morgan fingerprint density at radius 1 is 1.35 bits per heavy atom. The minimum Gasteiger partial charge on any atom is -0.383 e. The summed E-state index contributed by atoms with van der Waals surface area (Å²) < 4.78 is 5.56. The molecule has 1 unspecified atom stereocenters. The predicted molar refractivity (Wildman–Crippen MR) is 106 cm³/mol. The zero-order valence-electron chi connectivity index (χ0n) is 15.9. The number of hydrazine groups is 1. The first-order valence-electron chi connectivity index (χ1n) is 8.89. The molecule has 0 saturated heterocycles. The van der Waals surface area contributed by atoms with Gasteiger partial charge in [-0.15, -0.1) is 0 Å². The number of hydrogen-bond donors (Lipinski definition) is 5. The Morgan fingerprint density at radius 3 is 2.81 bits per heavy atom. The highest BCUT2D eigenvalue weighted by Crippen LogP contribution is 2.25. The van der Waals surface area contributed by atoms with Gasteiger partial charge in [-0.25, -0.2) is 0 Å². The lowest BCUT2D eigenvalue weighted by molar-refractivity contribution is -0.114. The van der Waals surface area contributed by atoms with Gasteiger partial charge in [0.1, 0.15) is 0 Å². The van der Waals surface area contributed by atoms with Gasteiger partial charge in [-0.3, -0.25) is 4.79 Å². The summed E-state index contributed by atoms with van der Waals surface area (Å²) in [7, 11) is 1.97. The molecular formula is C18H30N6O2. The third-order valence-electron chi connectivity index (χ3n) is 3.74. The van der Waals surface area contributed by atoms with Crippen molar-refractivity contribution in [2.75, 3.05) is 36.3 Å². The van der Waals surface area contributed by atoms with E-state index in [-0.39, 0.29) is 18.3 Å². The van der Waals surface area contributed by atoms with Crippen molar-refractivity contribution in [3.63, 3.8) is 0 Å². The smallest absolute Gasteiger partial charge is 0.221 e. The Labute approximate surface area is 155 Å². The van der Waals surface area contributed by atoms with Crippen LogP contribution >= 0.6 is 0 Å². The molecule has 8 heteroatoms. The van der Waals surface area contributed by atoms with Crippen LogP contribution in [0.2, 0.25) is 0 Å². The third kappa shape index (κ3) is 6.45. The van der Waals surface area contributed by atoms with Crippen molar-refractivity contribution in [1.82, 2.24) is 15.6 Å². The van der Waals surface area contributed by atoms with Crippen molar-refractivity contribution < 1.29 is 9.53 Å². The molecule has 0 fully saturated rings. The highest BCUT2D eigenvalue weighted by atomic mass is 16.5. The molecule has 5 N–H and O–H groups in total. The molecule has 1 aliphatic rings. The van der Waals surface area contributed by atoms with E-state index >= 15 is 0 Å². The fourth-order valence-electron chi connectivity index (χ4n) is 2.44. The Bertz CT molecular complexity index is 620. The van der Waals surface area contributed by atoms with Crippen molar-refractivity contribution in [2.45, 2.75) is 39.6 Å². The van der Waals surface area contributed by atoms with Gasteiger partial charge in [0, 0.05) is 45.2 Å². The summed E-state index contributed by atoms with van der Waals surface area (Å²) in [6, 6.07) is 5.72. The number of nitrogens with zero attached hydrogens (tertiary/aromatic N) is 1. The summed E-state index contributed by atoms with van der Waals surface area (Å²) in [6.07, 6.45) is 4.93. The van der Waals surface area contributed by atoms with E-state index < -0.39 is 0 Å². The van der Waals surface area contributed by atoms with E-state index in [1.165, 1.54) is 6.92 Å². The molecule has 1 aromatic carbocycles. The molecule has 8 nitrogen and oxygen atoms in total. The standard InChI is InChI=1S/C18H30N6O2/c1-13(2)26-11-5-8-19-16-7-6-15(21-14(3)25)12-17(16)22-23-18-20-9-10-24(18)4/h6-7,9-10,12-13,18-20,22-23H,5,8,11H2,1-4H3,(H,21,25). The van der Waals surface area contributed by atoms with E-state index in [9.17, 15) is 4.79 Å². The molecule has 1 atom stereocenters. The highest BCUT2D eigenvalue weighted by molar-refractivity contribution is 5.90. The first kappa shape index (κ1) is 19.9. The van der Waals surface area contributed by atoms with E-state index in [1.807, 2.05) is 56.4 Å². The van der Waals surface area contributed by atoms with Gasteiger partial charge < -0.3 is 31.0 Å². The maximum atomic E-state index is 11.3. The number of ether oxygens (including phenoxy) is 1. The lowest BCUT2D eigenvalue weighted by Crippen LogP contribution is -2.48. The van der Waals surface area contributed by atoms with E-state index in [2.05, 4.69) is 26.8 Å². The van der Waals surface area contributed by atoms with Gasteiger partial charge in [0.15, 0.2) is 6.29 Å². The molecule has 0 spiro atoms. The zero-order chi connectivity index (χ0) is 18.9. The average molecular weight is 362 g/mol. The van der Waals surface area contributed by atoms with E-state index in [4.69, 9.17) is 4.74 Å². The molecule has 26 heavy (non-hydrogen) atoms. The number of anilines is 3. The Balaban J connectivity index is 1.96. The first-order chi connectivity index (χ1) is 12.5. The summed E-state index contributed by atoms with van der Waals surface area (Å²) in [5.41, 5.74) is 8.97. The van der Waals surface area contributed by atoms with Crippen LogP contribution in [0, 0.1) is 0 Å². The lowest BCUT2D eigenvalue weighted by atomic mass is 10.2.